The Balaban J connectivity index is 1.53. The first-order chi connectivity index (χ1) is 11.6. The van der Waals surface area contributed by atoms with Crippen LogP contribution in [0.25, 0.3) is 0 Å². The highest BCUT2D eigenvalue weighted by molar-refractivity contribution is 6.01. The van der Waals surface area contributed by atoms with Crippen LogP contribution in [-0.2, 0) is 9.59 Å². The highest BCUT2D eigenvalue weighted by Gasteiger charge is 2.34. The molecule has 1 unspecified atom stereocenters. The van der Waals surface area contributed by atoms with Crippen molar-refractivity contribution >= 4 is 17.8 Å². The van der Waals surface area contributed by atoms with E-state index in [0.29, 0.717) is 19.4 Å². The molecule has 3 rings (SSSR count). The minimum Gasteiger partial charge on any atom is -0.336 e. The third-order valence-corrected chi connectivity index (χ3v) is 4.76. The molecule has 4 amide bonds. The first-order valence-electron chi connectivity index (χ1n) is 8.48. The number of imide groups is 1. The number of rotatable bonds is 5. The lowest BCUT2D eigenvalue weighted by Gasteiger charge is -2.25. The van der Waals surface area contributed by atoms with Crippen molar-refractivity contribution in [2.45, 2.75) is 31.7 Å². The van der Waals surface area contributed by atoms with Gasteiger partial charge in [-0.15, -0.1) is 0 Å². The van der Waals surface area contributed by atoms with Gasteiger partial charge in [0.05, 0.1) is 6.04 Å². The average molecular weight is 329 g/mol. The summed E-state index contributed by atoms with van der Waals surface area (Å²) in [6.45, 7) is 1.23. The molecule has 2 heterocycles. The molecule has 0 aromatic heterocycles. The number of amides is 4. The quantitative estimate of drug-likeness (QED) is 0.777. The molecular weight excluding hydrogens is 306 g/mol. The summed E-state index contributed by atoms with van der Waals surface area (Å²) in [7, 11) is 1.61. The summed E-state index contributed by atoms with van der Waals surface area (Å²) in [4.78, 5) is 40.7. The van der Waals surface area contributed by atoms with Gasteiger partial charge < -0.3 is 9.80 Å². The minimum absolute atomic E-state index is 0.105. The zero-order valence-electron chi connectivity index (χ0n) is 14.0. The monoisotopic (exact) mass is 329 g/mol. The Labute approximate surface area is 142 Å². The molecule has 0 bridgehead atoms. The SMILES string of the molecule is CN1CC(=O)N(CCCC(=O)N2CCCC2c2ccccc2)C1=O. The summed E-state index contributed by atoms with van der Waals surface area (Å²) in [5, 5.41) is 0. The van der Waals surface area contributed by atoms with E-state index < -0.39 is 0 Å². The average Bonchev–Trinajstić information content (AvgIpc) is 3.16. The predicted molar refractivity (Wildman–Crippen MR) is 89.1 cm³/mol. The zero-order chi connectivity index (χ0) is 17.1. The molecule has 0 N–H and O–H groups in total. The van der Waals surface area contributed by atoms with Gasteiger partial charge in [-0.25, -0.2) is 4.79 Å². The molecule has 0 saturated carbocycles. The van der Waals surface area contributed by atoms with Crippen LogP contribution >= 0.6 is 0 Å². The smallest absolute Gasteiger partial charge is 0.326 e. The third kappa shape index (κ3) is 3.27. The first kappa shape index (κ1) is 16.5. The summed E-state index contributed by atoms with van der Waals surface area (Å²) in [5.74, 6) is -0.0768. The molecule has 24 heavy (non-hydrogen) atoms. The Bertz CT molecular complexity index is 632. The maximum absolute atomic E-state index is 12.6. The third-order valence-electron chi connectivity index (χ3n) is 4.76. The minimum atomic E-state index is -0.268. The van der Waals surface area contributed by atoms with Gasteiger partial charge >= 0.3 is 6.03 Å². The number of likely N-dealkylation sites (tertiary alicyclic amines) is 1. The van der Waals surface area contributed by atoms with E-state index in [1.54, 1.807) is 7.05 Å². The Kier molecular flexibility index (Phi) is 4.83. The largest absolute Gasteiger partial charge is 0.336 e. The van der Waals surface area contributed by atoms with Crippen molar-refractivity contribution in [2.24, 2.45) is 0 Å². The number of hydrogen-bond acceptors (Lipinski definition) is 3. The molecule has 128 valence electrons. The van der Waals surface area contributed by atoms with Crippen LogP contribution in [0.3, 0.4) is 0 Å². The highest BCUT2D eigenvalue weighted by Crippen LogP contribution is 2.32. The van der Waals surface area contributed by atoms with E-state index in [1.165, 1.54) is 15.4 Å². The van der Waals surface area contributed by atoms with Crippen LogP contribution < -0.4 is 0 Å². The van der Waals surface area contributed by atoms with Gasteiger partial charge in [0.15, 0.2) is 0 Å². The van der Waals surface area contributed by atoms with E-state index in [2.05, 4.69) is 12.1 Å². The van der Waals surface area contributed by atoms with Crippen molar-refractivity contribution < 1.29 is 14.4 Å². The first-order valence-corrected chi connectivity index (χ1v) is 8.48. The Morgan fingerprint density at radius 2 is 1.96 bits per heavy atom. The fourth-order valence-electron chi connectivity index (χ4n) is 3.51. The molecule has 1 aromatic rings. The van der Waals surface area contributed by atoms with Crippen molar-refractivity contribution in [1.29, 1.82) is 0 Å². The van der Waals surface area contributed by atoms with Crippen LogP contribution in [-0.4, -0.2) is 59.2 Å². The molecule has 2 saturated heterocycles. The van der Waals surface area contributed by atoms with E-state index in [0.717, 1.165) is 19.4 Å². The van der Waals surface area contributed by atoms with Gasteiger partial charge in [0.1, 0.15) is 6.54 Å². The van der Waals surface area contributed by atoms with Gasteiger partial charge in [-0.1, -0.05) is 30.3 Å². The second kappa shape index (κ2) is 7.03. The molecule has 2 fully saturated rings. The Morgan fingerprint density at radius 1 is 1.21 bits per heavy atom. The normalized spacial score (nSPS) is 21.0. The molecule has 1 atom stereocenters. The molecule has 0 aliphatic carbocycles. The van der Waals surface area contributed by atoms with E-state index in [4.69, 9.17) is 0 Å². The van der Waals surface area contributed by atoms with Crippen LogP contribution in [0.4, 0.5) is 4.79 Å². The number of carbonyl (C=O) groups is 3. The van der Waals surface area contributed by atoms with Gasteiger partial charge in [0.25, 0.3) is 0 Å². The standard InChI is InChI=1S/C18H23N3O3/c1-19-13-17(23)21(18(19)24)12-6-10-16(22)20-11-5-9-15(20)14-7-3-2-4-8-14/h2-4,7-8,15H,5-6,9-13H2,1H3. The van der Waals surface area contributed by atoms with Crippen LogP contribution in [0.5, 0.6) is 0 Å². The van der Waals surface area contributed by atoms with Crippen LogP contribution in [0.2, 0.25) is 0 Å². The summed E-state index contributed by atoms with van der Waals surface area (Å²) in [6, 6.07) is 9.98. The number of carbonyl (C=O) groups excluding carboxylic acids is 3. The maximum Gasteiger partial charge on any atom is 0.326 e. The van der Waals surface area contributed by atoms with Crippen LogP contribution in [0.15, 0.2) is 30.3 Å². The maximum atomic E-state index is 12.6. The summed E-state index contributed by atoms with van der Waals surface area (Å²) in [6.07, 6.45) is 2.88. The number of benzene rings is 1. The van der Waals surface area contributed by atoms with Gasteiger partial charge in [-0.2, -0.15) is 0 Å². The lowest BCUT2D eigenvalue weighted by molar-refractivity contribution is -0.133. The van der Waals surface area contributed by atoms with E-state index >= 15 is 0 Å². The molecule has 2 aliphatic rings. The zero-order valence-corrected chi connectivity index (χ0v) is 14.0. The van der Waals surface area contributed by atoms with Crippen LogP contribution in [0.1, 0.15) is 37.3 Å². The van der Waals surface area contributed by atoms with Gasteiger partial charge in [-0.3, -0.25) is 14.5 Å². The van der Waals surface area contributed by atoms with Gasteiger partial charge in [0, 0.05) is 26.6 Å². The van der Waals surface area contributed by atoms with Crippen molar-refractivity contribution in [3.63, 3.8) is 0 Å². The molecule has 1 aromatic carbocycles. The summed E-state index contributed by atoms with van der Waals surface area (Å²) < 4.78 is 0. The second-order valence-corrected chi connectivity index (χ2v) is 6.44. The molecule has 6 nitrogen and oxygen atoms in total. The fraction of sp³-hybridized carbons (Fsp3) is 0.500. The predicted octanol–water partition coefficient (Wildman–Crippen LogP) is 2.02. The van der Waals surface area contributed by atoms with Crippen molar-refractivity contribution in [3.05, 3.63) is 35.9 Å². The molecule has 2 aliphatic heterocycles. The van der Waals surface area contributed by atoms with E-state index in [-0.39, 0.29) is 30.4 Å². The highest BCUT2D eigenvalue weighted by atomic mass is 16.2. The van der Waals surface area contributed by atoms with Crippen LogP contribution in [0, 0.1) is 0 Å². The number of likely N-dealkylation sites (N-methyl/N-ethyl adjacent to an activating group) is 1. The fourth-order valence-corrected chi connectivity index (χ4v) is 3.51. The van der Waals surface area contributed by atoms with E-state index in [9.17, 15) is 14.4 Å². The molecular formula is C18H23N3O3. The van der Waals surface area contributed by atoms with Gasteiger partial charge in [0.2, 0.25) is 11.8 Å². The number of urea groups is 1. The molecule has 6 heteroatoms. The lowest BCUT2D eigenvalue weighted by atomic mass is 10.0. The van der Waals surface area contributed by atoms with Crippen molar-refractivity contribution in [3.8, 4) is 0 Å². The summed E-state index contributed by atoms with van der Waals surface area (Å²) >= 11 is 0. The Morgan fingerprint density at radius 3 is 2.62 bits per heavy atom. The van der Waals surface area contributed by atoms with E-state index in [1.807, 2.05) is 23.1 Å². The number of nitrogens with zero attached hydrogens (tertiary/aromatic N) is 3. The second-order valence-electron chi connectivity index (χ2n) is 6.44. The number of hydrogen-bond donors (Lipinski definition) is 0. The topological polar surface area (TPSA) is 60.9 Å². The van der Waals surface area contributed by atoms with Crippen molar-refractivity contribution in [1.82, 2.24) is 14.7 Å². The summed E-state index contributed by atoms with van der Waals surface area (Å²) in [5.41, 5.74) is 1.18. The molecule has 0 radical (unpaired) electrons. The Hall–Kier alpha value is -2.37. The van der Waals surface area contributed by atoms with Gasteiger partial charge in [-0.05, 0) is 24.8 Å². The molecule has 0 spiro atoms. The lowest BCUT2D eigenvalue weighted by Crippen LogP contribution is -2.34. The van der Waals surface area contributed by atoms with Crippen molar-refractivity contribution in [2.75, 3.05) is 26.7 Å².